The molecular formula is C19H17ClN2O2S. The number of aromatic nitrogens is 1. The quantitative estimate of drug-likeness (QED) is 0.662. The van der Waals surface area contributed by atoms with Gasteiger partial charge in [-0.25, -0.2) is 4.98 Å². The van der Waals surface area contributed by atoms with Gasteiger partial charge in [-0.2, -0.15) is 0 Å². The topological polar surface area (TPSA) is 42.4 Å². The van der Waals surface area contributed by atoms with Crippen molar-refractivity contribution in [3.05, 3.63) is 46.0 Å². The SMILES string of the molecule is COc1cc(Cl)c2nc(-c3cc(C)cc4c3CCN(C)C4=O)sc2c1. The van der Waals surface area contributed by atoms with Gasteiger partial charge in [0.2, 0.25) is 0 Å². The number of hydrogen-bond acceptors (Lipinski definition) is 4. The van der Waals surface area contributed by atoms with Gasteiger partial charge in [0.25, 0.3) is 5.91 Å². The molecule has 0 unspecified atom stereocenters. The van der Waals surface area contributed by atoms with Gasteiger partial charge in [0.1, 0.15) is 16.3 Å². The number of halogens is 1. The van der Waals surface area contributed by atoms with Crippen LogP contribution in [0.25, 0.3) is 20.8 Å². The first-order chi connectivity index (χ1) is 12.0. The van der Waals surface area contributed by atoms with Crippen molar-refractivity contribution in [2.75, 3.05) is 20.7 Å². The summed E-state index contributed by atoms with van der Waals surface area (Å²) in [6.45, 7) is 2.73. The number of hydrogen-bond donors (Lipinski definition) is 0. The molecule has 4 nitrogen and oxygen atoms in total. The van der Waals surface area contributed by atoms with Crippen LogP contribution in [0.4, 0.5) is 0 Å². The molecule has 0 radical (unpaired) electrons. The highest BCUT2D eigenvalue weighted by Gasteiger charge is 2.26. The van der Waals surface area contributed by atoms with Gasteiger partial charge >= 0.3 is 0 Å². The smallest absolute Gasteiger partial charge is 0.253 e. The number of carbonyl (C=O) groups excluding carboxylic acids is 1. The van der Waals surface area contributed by atoms with Gasteiger partial charge < -0.3 is 9.64 Å². The molecule has 2 aromatic carbocycles. The van der Waals surface area contributed by atoms with Crippen LogP contribution in [-0.4, -0.2) is 36.5 Å². The highest BCUT2D eigenvalue weighted by molar-refractivity contribution is 7.21. The maximum atomic E-state index is 12.5. The van der Waals surface area contributed by atoms with Crippen molar-refractivity contribution in [2.45, 2.75) is 13.3 Å². The molecule has 1 aromatic heterocycles. The third-order valence-corrected chi connectivity index (χ3v) is 5.88. The van der Waals surface area contributed by atoms with E-state index in [-0.39, 0.29) is 5.91 Å². The van der Waals surface area contributed by atoms with Crippen molar-refractivity contribution in [3.8, 4) is 16.3 Å². The molecule has 2 heterocycles. The second-order valence-corrected chi connectivity index (χ2v) is 7.73. The molecule has 0 spiro atoms. The van der Waals surface area contributed by atoms with E-state index in [0.29, 0.717) is 5.02 Å². The van der Waals surface area contributed by atoms with Crippen LogP contribution < -0.4 is 4.74 Å². The van der Waals surface area contributed by atoms with Gasteiger partial charge in [0.05, 0.1) is 16.8 Å². The molecule has 1 aliphatic heterocycles. The normalized spacial score (nSPS) is 14.1. The van der Waals surface area contributed by atoms with E-state index in [1.807, 2.05) is 26.1 Å². The maximum Gasteiger partial charge on any atom is 0.253 e. The van der Waals surface area contributed by atoms with E-state index in [4.69, 9.17) is 21.3 Å². The van der Waals surface area contributed by atoms with Crippen LogP contribution in [0.3, 0.4) is 0 Å². The summed E-state index contributed by atoms with van der Waals surface area (Å²) >= 11 is 7.94. The van der Waals surface area contributed by atoms with Gasteiger partial charge in [0.15, 0.2) is 0 Å². The van der Waals surface area contributed by atoms with E-state index < -0.39 is 0 Å². The van der Waals surface area contributed by atoms with E-state index in [1.165, 1.54) is 0 Å². The van der Waals surface area contributed by atoms with Gasteiger partial charge in [-0.3, -0.25) is 4.79 Å². The zero-order chi connectivity index (χ0) is 17.7. The Balaban J connectivity index is 1.93. The molecule has 3 aromatic rings. The summed E-state index contributed by atoms with van der Waals surface area (Å²) in [4.78, 5) is 19.1. The standard InChI is InChI=1S/C19H17ClN2O2S/c1-10-6-13(12-4-5-22(2)19(23)14(12)7-10)18-21-17-15(20)8-11(24-3)9-16(17)25-18/h6-9H,4-5H2,1-3H3. The van der Waals surface area contributed by atoms with Crippen molar-refractivity contribution in [3.63, 3.8) is 0 Å². The van der Waals surface area contributed by atoms with Gasteiger partial charge in [-0.1, -0.05) is 11.6 Å². The first kappa shape index (κ1) is 16.4. The molecule has 25 heavy (non-hydrogen) atoms. The molecule has 4 rings (SSSR count). The van der Waals surface area contributed by atoms with E-state index >= 15 is 0 Å². The predicted octanol–water partition coefficient (Wildman–Crippen LogP) is 4.56. The summed E-state index contributed by atoms with van der Waals surface area (Å²) in [5.41, 5.74) is 4.73. The molecule has 6 heteroatoms. The number of nitrogens with zero attached hydrogens (tertiary/aromatic N) is 2. The number of amides is 1. The van der Waals surface area contributed by atoms with Gasteiger partial charge in [-0.15, -0.1) is 11.3 Å². The van der Waals surface area contributed by atoms with Crippen molar-refractivity contribution in [2.24, 2.45) is 0 Å². The average Bonchev–Trinajstić information content (AvgIpc) is 3.02. The number of methoxy groups -OCH3 is 1. The second kappa shape index (κ2) is 6.00. The number of aryl methyl sites for hydroxylation is 1. The Morgan fingerprint density at radius 3 is 2.76 bits per heavy atom. The van der Waals surface area contributed by atoms with Crippen molar-refractivity contribution < 1.29 is 9.53 Å². The molecule has 0 aliphatic carbocycles. The predicted molar refractivity (Wildman–Crippen MR) is 102 cm³/mol. The summed E-state index contributed by atoms with van der Waals surface area (Å²) in [7, 11) is 3.47. The largest absolute Gasteiger partial charge is 0.497 e. The number of carbonyl (C=O) groups is 1. The molecule has 1 aliphatic rings. The second-order valence-electron chi connectivity index (χ2n) is 6.29. The maximum absolute atomic E-state index is 12.5. The van der Waals surface area contributed by atoms with E-state index in [1.54, 1.807) is 29.4 Å². The lowest BCUT2D eigenvalue weighted by Crippen LogP contribution is -2.34. The minimum absolute atomic E-state index is 0.0759. The summed E-state index contributed by atoms with van der Waals surface area (Å²) < 4.78 is 6.28. The Bertz CT molecular complexity index is 1010. The summed E-state index contributed by atoms with van der Waals surface area (Å²) in [5.74, 6) is 0.794. The Hall–Kier alpha value is -2.11. The molecular weight excluding hydrogens is 356 g/mol. The number of thiazole rings is 1. The van der Waals surface area contributed by atoms with Gasteiger partial charge in [0, 0.05) is 30.8 Å². The monoisotopic (exact) mass is 372 g/mol. The Morgan fingerprint density at radius 1 is 1.24 bits per heavy atom. The Labute approximate surface area is 155 Å². The highest BCUT2D eigenvalue weighted by atomic mass is 35.5. The van der Waals surface area contributed by atoms with Crippen LogP contribution in [0, 0.1) is 6.92 Å². The Morgan fingerprint density at radius 2 is 2.00 bits per heavy atom. The minimum atomic E-state index is 0.0759. The van der Waals surface area contributed by atoms with Crippen molar-refractivity contribution in [1.82, 2.24) is 9.88 Å². The molecule has 0 N–H and O–H groups in total. The molecule has 1 amide bonds. The van der Waals surface area contributed by atoms with Crippen molar-refractivity contribution in [1.29, 1.82) is 0 Å². The molecule has 0 saturated carbocycles. The lowest BCUT2D eigenvalue weighted by molar-refractivity contribution is 0.0781. The Kier molecular flexibility index (Phi) is 3.93. The fraction of sp³-hybridized carbons (Fsp3) is 0.263. The fourth-order valence-electron chi connectivity index (χ4n) is 3.25. The van der Waals surface area contributed by atoms with Crippen LogP contribution >= 0.6 is 22.9 Å². The first-order valence-corrected chi connectivity index (χ1v) is 9.21. The van der Waals surface area contributed by atoms with E-state index in [9.17, 15) is 4.79 Å². The molecule has 0 fully saturated rings. The first-order valence-electron chi connectivity index (χ1n) is 8.01. The number of ether oxygens (including phenoxy) is 1. The van der Waals surface area contributed by atoms with Crippen molar-refractivity contribution >= 4 is 39.1 Å². The number of rotatable bonds is 2. The summed E-state index contributed by atoms with van der Waals surface area (Å²) in [5, 5.41) is 1.47. The van der Waals surface area contributed by atoms with E-state index in [0.717, 1.165) is 56.2 Å². The molecule has 128 valence electrons. The summed E-state index contributed by atoms with van der Waals surface area (Å²) in [6, 6.07) is 7.81. The average molecular weight is 373 g/mol. The highest BCUT2D eigenvalue weighted by Crippen LogP contribution is 2.39. The molecule has 0 bridgehead atoms. The number of benzene rings is 2. The molecule has 0 atom stereocenters. The van der Waals surface area contributed by atoms with E-state index in [2.05, 4.69) is 6.07 Å². The third-order valence-electron chi connectivity index (χ3n) is 4.56. The molecule has 0 saturated heterocycles. The van der Waals surface area contributed by atoms with Crippen LogP contribution in [-0.2, 0) is 6.42 Å². The van der Waals surface area contributed by atoms with Crippen LogP contribution in [0.15, 0.2) is 24.3 Å². The third kappa shape index (κ3) is 2.68. The van der Waals surface area contributed by atoms with Crippen LogP contribution in [0.1, 0.15) is 21.5 Å². The zero-order valence-corrected chi connectivity index (χ0v) is 15.8. The zero-order valence-electron chi connectivity index (χ0n) is 14.2. The minimum Gasteiger partial charge on any atom is -0.497 e. The van der Waals surface area contributed by atoms with Gasteiger partial charge in [-0.05, 0) is 42.7 Å². The van der Waals surface area contributed by atoms with Crippen LogP contribution in [0.5, 0.6) is 5.75 Å². The fourth-order valence-corrected chi connectivity index (χ4v) is 4.62. The summed E-state index contributed by atoms with van der Waals surface area (Å²) in [6.07, 6.45) is 0.833. The number of likely N-dealkylation sites (N-methyl/N-ethyl adjacent to an activating group) is 1. The number of fused-ring (bicyclic) bond motifs is 2. The lowest BCUT2D eigenvalue weighted by atomic mass is 9.92. The lowest BCUT2D eigenvalue weighted by Gasteiger charge is -2.26. The van der Waals surface area contributed by atoms with Crippen LogP contribution in [0.2, 0.25) is 5.02 Å².